The maximum absolute atomic E-state index is 12.4. The molecule has 7 nitrogen and oxygen atoms in total. The van der Waals surface area contributed by atoms with Crippen LogP contribution in [0.2, 0.25) is 5.02 Å². The Hall–Kier alpha value is -2.71. The van der Waals surface area contributed by atoms with E-state index in [0.29, 0.717) is 27.1 Å². The zero-order chi connectivity index (χ0) is 18.0. The fourth-order valence-electron chi connectivity index (χ4n) is 2.18. The molecule has 128 valence electrons. The molecule has 0 saturated carbocycles. The highest BCUT2D eigenvalue weighted by molar-refractivity contribution is 7.12. The summed E-state index contributed by atoms with van der Waals surface area (Å²) in [5, 5.41) is 9.09. The maximum atomic E-state index is 12.4. The van der Waals surface area contributed by atoms with E-state index in [9.17, 15) is 9.59 Å². The van der Waals surface area contributed by atoms with E-state index in [1.54, 1.807) is 36.6 Å². The van der Waals surface area contributed by atoms with Gasteiger partial charge in [0.2, 0.25) is 5.82 Å². The van der Waals surface area contributed by atoms with Gasteiger partial charge in [0.1, 0.15) is 10.7 Å². The normalized spacial score (nSPS) is 10.5. The number of anilines is 1. The monoisotopic (exact) mass is 376 g/mol. The van der Waals surface area contributed by atoms with Gasteiger partial charge in [0, 0.05) is 5.02 Å². The number of benzene rings is 1. The number of aryl methyl sites for hydroxylation is 1. The molecule has 0 unspecified atom stereocenters. The molecule has 0 aliphatic carbocycles. The standard InChI is InChI=1S/C16H13ClN4O3S/c1-9-18-14(20-21(9)11-5-3-4-10(17)8-11)15(22)19-12-6-7-25-13(12)16(23)24-2/h3-8H,1-2H3,(H,19,22). The number of carbonyl (C=O) groups excluding carboxylic acids is 2. The molecule has 0 aliphatic rings. The van der Waals surface area contributed by atoms with Gasteiger partial charge in [0.05, 0.1) is 18.5 Å². The average Bonchev–Trinajstić information content (AvgIpc) is 3.20. The number of esters is 1. The molecule has 2 aromatic heterocycles. The molecule has 3 rings (SSSR count). The number of halogens is 1. The second kappa shape index (κ2) is 7.04. The summed E-state index contributed by atoms with van der Waals surface area (Å²) in [5.74, 6) is -0.517. The lowest BCUT2D eigenvalue weighted by Crippen LogP contribution is -2.16. The molecular formula is C16H13ClN4O3S. The summed E-state index contributed by atoms with van der Waals surface area (Å²) in [5.41, 5.74) is 1.06. The van der Waals surface area contributed by atoms with Crippen LogP contribution < -0.4 is 5.32 Å². The number of hydrogen-bond donors (Lipinski definition) is 1. The first-order chi connectivity index (χ1) is 12.0. The molecule has 0 saturated heterocycles. The highest BCUT2D eigenvalue weighted by Crippen LogP contribution is 2.23. The molecule has 9 heteroatoms. The smallest absolute Gasteiger partial charge is 0.350 e. The van der Waals surface area contributed by atoms with Crippen molar-refractivity contribution in [2.45, 2.75) is 6.92 Å². The number of nitrogens with zero attached hydrogens (tertiary/aromatic N) is 3. The van der Waals surface area contributed by atoms with Crippen LogP contribution >= 0.6 is 22.9 Å². The van der Waals surface area contributed by atoms with E-state index in [2.05, 4.69) is 20.1 Å². The molecule has 0 bridgehead atoms. The molecule has 25 heavy (non-hydrogen) atoms. The van der Waals surface area contributed by atoms with Gasteiger partial charge in [-0.05, 0) is 36.6 Å². The molecular weight excluding hydrogens is 364 g/mol. The fourth-order valence-corrected chi connectivity index (χ4v) is 3.13. The van der Waals surface area contributed by atoms with Gasteiger partial charge in [0.15, 0.2) is 0 Å². The topological polar surface area (TPSA) is 86.1 Å². The molecule has 0 fully saturated rings. The second-order valence-electron chi connectivity index (χ2n) is 4.98. The summed E-state index contributed by atoms with van der Waals surface area (Å²) in [6.07, 6.45) is 0. The Kier molecular flexibility index (Phi) is 4.82. The zero-order valence-corrected chi connectivity index (χ0v) is 14.9. The first kappa shape index (κ1) is 17.1. The van der Waals surface area contributed by atoms with Crippen LogP contribution in [-0.4, -0.2) is 33.8 Å². The van der Waals surface area contributed by atoms with Gasteiger partial charge in [-0.15, -0.1) is 16.4 Å². The maximum Gasteiger partial charge on any atom is 0.350 e. The zero-order valence-electron chi connectivity index (χ0n) is 13.3. The van der Waals surface area contributed by atoms with Crippen LogP contribution in [0.5, 0.6) is 0 Å². The van der Waals surface area contributed by atoms with E-state index in [1.165, 1.54) is 23.1 Å². The van der Waals surface area contributed by atoms with Crippen LogP contribution in [0.4, 0.5) is 5.69 Å². The highest BCUT2D eigenvalue weighted by Gasteiger charge is 2.20. The summed E-state index contributed by atoms with van der Waals surface area (Å²) < 4.78 is 6.21. The van der Waals surface area contributed by atoms with Crippen molar-refractivity contribution in [3.05, 3.63) is 57.3 Å². The van der Waals surface area contributed by atoms with Gasteiger partial charge in [-0.25, -0.2) is 14.5 Å². The molecule has 1 aromatic carbocycles. The largest absolute Gasteiger partial charge is 0.465 e. The van der Waals surface area contributed by atoms with E-state index < -0.39 is 11.9 Å². The Morgan fingerprint density at radius 3 is 2.84 bits per heavy atom. The number of amides is 1. The lowest BCUT2D eigenvalue weighted by atomic mass is 10.3. The Labute approximate surface area is 152 Å². The number of methoxy groups -OCH3 is 1. The molecule has 1 amide bonds. The molecule has 0 radical (unpaired) electrons. The first-order valence-electron chi connectivity index (χ1n) is 7.16. The Morgan fingerprint density at radius 1 is 1.32 bits per heavy atom. The molecule has 0 spiro atoms. The van der Waals surface area contributed by atoms with E-state index in [0.717, 1.165) is 0 Å². The van der Waals surface area contributed by atoms with Gasteiger partial charge in [-0.1, -0.05) is 17.7 Å². The SMILES string of the molecule is COC(=O)c1sccc1NC(=O)c1nc(C)n(-c2cccc(Cl)c2)n1. The van der Waals surface area contributed by atoms with Crippen molar-refractivity contribution >= 4 is 40.5 Å². The van der Waals surface area contributed by atoms with E-state index in [1.807, 2.05) is 6.07 Å². The Bertz CT molecular complexity index is 951. The van der Waals surface area contributed by atoms with Gasteiger partial charge in [-0.3, -0.25) is 4.79 Å². The molecule has 3 aromatic rings. The third-order valence-corrected chi connectivity index (χ3v) is 4.44. The van der Waals surface area contributed by atoms with Crippen molar-refractivity contribution < 1.29 is 14.3 Å². The fraction of sp³-hybridized carbons (Fsp3) is 0.125. The van der Waals surface area contributed by atoms with Crippen LogP contribution in [-0.2, 0) is 4.74 Å². The summed E-state index contributed by atoms with van der Waals surface area (Å²) in [6, 6.07) is 8.68. The van der Waals surface area contributed by atoms with Crippen LogP contribution in [0.15, 0.2) is 35.7 Å². The van der Waals surface area contributed by atoms with Gasteiger partial charge in [0.25, 0.3) is 5.91 Å². The van der Waals surface area contributed by atoms with E-state index >= 15 is 0 Å². The molecule has 1 N–H and O–H groups in total. The number of aromatic nitrogens is 3. The van der Waals surface area contributed by atoms with Gasteiger partial charge >= 0.3 is 5.97 Å². The van der Waals surface area contributed by atoms with E-state index in [4.69, 9.17) is 11.6 Å². The van der Waals surface area contributed by atoms with Crippen LogP contribution in [0.1, 0.15) is 26.1 Å². The molecule has 2 heterocycles. The van der Waals surface area contributed by atoms with Crippen molar-refractivity contribution in [2.75, 3.05) is 12.4 Å². The lowest BCUT2D eigenvalue weighted by Gasteiger charge is -2.03. The van der Waals surface area contributed by atoms with Gasteiger partial charge < -0.3 is 10.1 Å². The van der Waals surface area contributed by atoms with Crippen molar-refractivity contribution in [3.63, 3.8) is 0 Å². The number of hydrogen-bond acceptors (Lipinski definition) is 6. The van der Waals surface area contributed by atoms with Crippen LogP contribution in [0, 0.1) is 6.92 Å². The van der Waals surface area contributed by atoms with Crippen LogP contribution in [0.3, 0.4) is 0 Å². The number of thiophene rings is 1. The van der Waals surface area contributed by atoms with E-state index in [-0.39, 0.29) is 5.82 Å². The minimum absolute atomic E-state index is 0.0144. The van der Waals surface area contributed by atoms with Crippen molar-refractivity contribution in [3.8, 4) is 5.69 Å². The third-order valence-electron chi connectivity index (χ3n) is 3.31. The van der Waals surface area contributed by atoms with Crippen molar-refractivity contribution in [1.82, 2.24) is 14.8 Å². The minimum atomic E-state index is -0.521. The quantitative estimate of drug-likeness (QED) is 0.706. The summed E-state index contributed by atoms with van der Waals surface area (Å²) in [7, 11) is 1.28. The van der Waals surface area contributed by atoms with Crippen molar-refractivity contribution in [2.24, 2.45) is 0 Å². The summed E-state index contributed by atoms with van der Waals surface area (Å²) >= 11 is 7.16. The highest BCUT2D eigenvalue weighted by atomic mass is 35.5. The number of carbonyl (C=O) groups is 2. The first-order valence-corrected chi connectivity index (χ1v) is 8.42. The second-order valence-corrected chi connectivity index (χ2v) is 6.34. The number of ether oxygens (including phenoxy) is 1. The molecule has 0 aliphatic heterocycles. The van der Waals surface area contributed by atoms with Crippen molar-refractivity contribution in [1.29, 1.82) is 0 Å². The number of nitrogens with one attached hydrogen (secondary N) is 1. The van der Waals surface area contributed by atoms with Crippen LogP contribution in [0.25, 0.3) is 5.69 Å². The number of rotatable bonds is 4. The summed E-state index contributed by atoms with van der Waals surface area (Å²) in [4.78, 5) is 28.6. The molecule has 0 atom stereocenters. The Balaban J connectivity index is 1.86. The predicted molar refractivity (Wildman–Crippen MR) is 94.7 cm³/mol. The van der Waals surface area contributed by atoms with Gasteiger partial charge in [-0.2, -0.15) is 0 Å². The Morgan fingerprint density at radius 2 is 2.12 bits per heavy atom. The summed E-state index contributed by atoms with van der Waals surface area (Å²) in [6.45, 7) is 1.73. The average molecular weight is 377 g/mol. The predicted octanol–water partition coefficient (Wildman–Crippen LogP) is 3.33. The lowest BCUT2D eigenvalue weighted by molar-refractivity contribution is 0.0607. The third kappa shape index (κ3) is 3.54. The minimum Gasteiger partial charge on any atom is -0.465 e.